The van der Waals surface area contributed by atoms with Crippen LogP contribution in [0.3, 0.4) is 0 Å². The molecule has 0 aliphatic heterocycles. The second-order valence-electron chi connectivity index (χ2n) is 3.88. The maximum Gasteiger partial charge on any atom is 0.240 e. The molecule has 0 saturated heterocycles. The van der Waals surface area contributed by atoms with Crippen molar-refractivity contribution in [3.63, 3.8) is 0 Å². The van der Waals surface area contributed by atoms with Crippen molar-refractivity contribution in [2.45, 2.75) is 6.92 Å². The van der Waals surface area contributed by atoms with Crippen LogP contribution in [0.25, 0.3) is 11.1 Å². The number of hydrogen-bond donors (Lipinski definition) is 0. The predicted molar refractivity (Wildman–Crippen MR) is 72.2 cm³/mol. The summed E-state index contributed by atoms with van der Waals surface area (Å²) < 4.78 is 0. The van der Waals surface area contributed by atoms with Gasteiger partial charge in [-0.05, 0) is 29.7 Å². The van der Waals surface area contributed by atoms with Crippen molar-refractivity contribution < 1.29 is 9.59 Å². The number of benzene rings is 2. The van der Waals surface area contributed by atoms with Gasteiger partial charge in [0, 0.05) is 0 Å². The summed E-state index contributed by atoms with van der Waals surface area (Å²) in [5, 5.41) is 0. The standard InChI is InChI=1S/C15H10N2O2/c1-11-13(12-5-3-2-4-6-12)7-8-14(16-9-18)15(11)17-10-19/h2-8H,1H3. The highest BCUT2D eigenvalue weighted by Gasteiger charge is 2.10. The SMILES string of the molecule is Cc1c(-c2ccccc2)ccc(N=C=O)c1N=C=O. The lowest BCUT2D eigenvalue weighted by Gasteiger charge is -2.09. The average Bonchev–Trinajstić information content (AvgIpc) is 2.44. The maximum absolute atomic E-state index is 10.5. The van der Waals surface area contributed by atoms with Crippen LogP contribution in [0.4, 0.5) is 11.4 Å². The molecule has 0 spiro atoms. The summed E-state index contributed by atoms with van der Waals surface area (Å²) in [6, 6.07) is 13.2. The van der Waals surface area contributed by atoms with Gasteiger partial charge in [-0.2, -0.15) is 9.98 Å². The normalized spacial score (nSPS) is 9.32. The molecule has 0 bridgehead atoms. The van der Waals surface area contributed by atoms with Crippen molar-refractivity contribution in [2.24, 2.45) is 9.98 Å². The van der Waals surface area contributed by atoms with Gasteiger partial charge in [0.25, 0.3) is 0 Å². The summed E-state index contributed by atoms with van der Waals surface area (Å²) in [6.07, 6.45) is 2.94. The summed E-state index contributed by atoms with van der Waals surface area (Å²) in [6.45, 7) is 1.82. The molecule has 2 aromatic rings. The van der Waals surface area contributed by atoms with Crippen molar-refractivity contribution >= 4 is 23.5 Å². The zero-order chi connectivity index (χ0) is 13.7. The van der Waals surface area contributed by atoms with Crippen molar-refractivity contribution in [2.75, 3.05) is 0 Å². The summed E-state index contributed by atoms with van der Waals surface area (Å²) in [4.78, 5) is 28.0. The first-order valence-electron chi connectivity index (χ1n) is 5.62. The van der Waals surface area contributed by atoms with Crippen LogP contribution in [0.15, 0.2) is 52.4 Å². The van der Waals surface area contributed by atoms with Gasteiger partial charge in [-0.1, -0.05) is 36.4 Å². The van der Waals surface area contributed by atoms with Crippen molar-refractivity contribution in [3.8, 4) is 11.1 Å². The molecule has 92 valence electrons. The smallest absolute Gasteiger partial charge is 0.211 e. The van der Waals surface area contributed by atoms with Crippen LogP contribution in [-0.2, 0) is 9.59 Å². The molecule has 2 aromatic carbocycles. The molecule has 2 rings (SSSR count). The number of nitrogens with zero attached hydrogens (tertiary/aromatic N) is 2. The number of rotatable bonds is 3. The van der Waals surface area contributed by atoms with Crippen molar-refractivity contribution in [1.82, 2.24) is 0 Å². The Morgan fingerprint density at radius 2 is 1.58 bits per heavy atom. The van der Waals surface area contributed by atoms with Crippen LogP contribution < -0.4 is 0 Å². The number of aliphatic imine (C=N–C) groups is 2. The second-order valence-corrected chi connectivity index (χ2v) is 3.88. The van der Waals surface area contributed by atoms with E-state index >= 15 is 0 Å². The van der Waals surface area contributed by atoms with Crippen LogP contribution >= 0.6 is 0 Å². The maximum atomic E-state index is 10.5. The van der Waals surface area contributed by atoms with E-state index in [9.17, 15) is 9.59 Å². The van der Waals surface area contributed by atoms with Crippen LogP contribution in [0, 0.1) is 6.92 Å². The number of hydrogen-bond acceptors (Lipinski definition) is 4. The van der Waals surface area contributed by atoms with Gasteiger partial charge in [-0.25, -0.2) is 9.59 Å². The Kier molecular flexibility index (Phi) is 3.79. The molecule has 19 heavy (non-hydrogen) atoms. The Balaban J connectivity index is 2.70. The molecule has 4 heteroatoms. The molecule has 0 saturated carbocycles. The average molecular weight is 250 g/mol. The minimum atomic E-state index is 0.315. The molecule has 0 aliphatic rings. The minimum absolute atomic E-state index is 0.315. The molecule has 0 fully saturated rings. The third kappa shape index (κ3) is 2.55. The molecule has 0 unspecified atom stereocenters. The Bertz CT molecular complexity index is 696. The monoisotopic (exact) mass is 250 g/mol. The highest BCUT2D eigenvalue weighted by molar-refractivity contribution is 5.81. The van der Waals surface area contributed by atoms with E-state index in [4.69, 9.17) is 0 Å². The first-order chi connectivity index (χ1) is 9.27. The Hall–Kier alpha value is -2.80. The first kappa shape index (κ1) is 12.7. The molecule has 0 amide bonds. The van der Waals surface area contributed by atoms with E-state index < -0.39 is 0 Å². The molecular weight excluding hydrogens is 240 g/mol. The zero-order valence-corrected chi connectivity index (χ0v) is 10.3. The lowest BCUT2D eigenvalue weighted by Crippen LogP contribution is -1.84. The lowest BCUT2D eigenvalue weighted by atomic mass is 9.98. The van der Waals surface area contributed by atoms with Gasteiger partial charge >= 0.3 is 0 Å². The first-order valence-corrected chi connectivity index (χ1v) is 5.62. The topological polar surface area (TPSA) is 58.9 Å². The molecule has 0 heterocycles. The Morgan fingerprint density at radius 3 is 2.21 bits per heavy atom. The van der Waals surface area contributed by atoms with Crippen molar-refractivity contribution in [3.05, 3.63) is 48.0 Å². The van der Waals surface area contributed by atoms with Gasteiger partial charge in [-0.15, -0.1) is 0 Å². The Morgan fingerprint density at radius 1 is 0.895 bits per heavy atom. The molecule has 4 nitrogen and oxygen atoms in total. The zero-order valence-electron chi connectivity index (χ0n) is 10.3. The second kappa shape index (κ2) is 5.69. The van der Waals surface area contributed by atoms with E-state index in [1.165, 1.54) is 12.2 Å². The predicted octanol–water partition coefficient (Wildman–Crippen LogP) is 3.60. The molecule has 0 aromatic heterocycles. The van der Waals surface area contributed by atoms with E-state index in [-0.39, 0.29) is 0 Å². The minimum Gasteiger partial charge on any atom is -0.211 e. The third-order valence-corrected chi connectivity index (χ3v) is 2.82. The summed E-state index contributed by atoms with van der Waals surface area (Å²) in [7, 11) is 0. The van der Waals surface area contributed by atoms with Crippen LogP contribution in [0.2, 0.25) is 0 Å². The van der Waals surface area contributed by atoms with Crippen LogP contribution in [0.1, 0.15) is 5.56 Å². The molecular formula is C15H10N2O2. The summed E-state index contributed by atoms with van der Waals surface area (Å²) in [5.74, 6) is 0. The quantitative estimate of drug-likeness (QED) is 0.617. The van der Waals surface area contributed by atoms with E-state index in [1.807, 2.05) is 43.3 Å². The van der Waals surface area contributed by atoms with Gasteiger partial charge in [0.15, 0.2) is 0 Å². The Labute approximate surface area is 110 Å². The molecule has 0 aliphatic carbocycles. The summed E-state index contributed by atoms with van der Waals surface area (Å²) in [5.41, 5.74) is 3.37. The van der Waals surface area contributed by atoms with Gasteiger partial charge in [-0.3, -0.25) is 0 Å². The highest BCUT2D eigenvalue weighted by atomic mass is 16.1. The van der Waals surface area contributed by atoms with Crippen molar-refractivity contribution in [1.29, 1.82) is 0 Å². The molecule has 0 atom stereocenters. The fourth-order valence-electron chi connectivity index (χ4n) is 1.94. The largest absolute Gasteiger partial charge is 0.240 e. The molecule has 0 radical (unpaired) electrons. The van der Waals surface area contributed by atoms with Crippen LogP contribution in [-0.4, -0.2) is 12.2 Å². The van der Waals surface area contributed by atoms with E-state index in [2.05, 4.69) is 9.98 Å². The van der Waals surface area contributed by atoms with Crippen LogP contribution in [0.5, 0.6) is 0 Å². The summed E-state index contributed by atoms with van der Waals surface area (Å²) >= 11 is 0. The van der Waals surface area contributed by atoms with E-state index in [1.54, 1.807) is 6.07 Å². The highest BCUT2D eigenvalue weighted by Crippen LogP contribution is 2.37. The number of isocyanates is 2. The third-order valence-electron chi connectivity index (χ3n) is 2.82. The van der Waals surface area contributed by atoms with Gasteiger partial charge in [0.2, 0.25) is 12.2 Å². The van der Waals surface area contributed by atoms with Gasteiger partial charge < -0.3 is 0 Å². The van der Waals surface area contributed by atoms with E-state index in [0.29, 0.717) is 11.4 Å². The van der Waals surface area contributed by atoms with E-state index in [0.717, 1.165) is 16.7 Å². The van der Waals surface area contributed by atoms with Gasteiger partial charge in [0.05, 0.1) is 0 Å². The fourth-order valence-corrected chi connectivity index (χ4v) is 1.94. The number of carbonyl (C=O) groups excluding carboxylic acids is 2. The van der Waals surface area contributed by atoms with Gasteiger partial charge in [0.1, 0.15) is 11.4 Å². The lowest BCUT2D eigenvalue weighted by molar-refractivity contribution is 0.564. The molecule has 0 N–H and O–H groups in total. The fraction of sp³-hybridized carbons (Fsp3) is 0.0667.